The summed E-state index contributed by atoms with van der Waals surface area (Å²) in [7, 11) is 0. The van der Waals surface area contributed by atoms with Crippen LogP contribution in [0.1, 0.15) is 60.8 Å². The molecule has 136 valence electrons. The average Bonchev–Trinajstić information content (AvgIpc) is 2.48. The van der Waals surface area contributed by atoms with Gasteiger partial charge in [0.25, 0.3) is 0 Å². The highest BCUT2D eigenvalue weighted by Crippen LogP contribution is 2.59. The molecule has 1 aliphatic heterocycles. The van der Waals surface area contributed by atoms with Gasteiger partial charge in [-0.25, -0.2) is 0 Å². The lowest BCUT2D eigenvalue weighted by atomic mass is 9.55. The molecule has 3 rings (SSSR count). The van der Waals surface area contributed by atoms with E-state index in [0.29, 0.717) is 22.7 Å². The van der Waals surface area contributed by atoms with Crippen molar-refractivity contribution in [3.63, 3.8) is 0 Å². The van der Waals surface area contributed by atoms with Gasteiger partial charge in [-0.05, 0) is 64.4 Å². The molecular formula is C22H30O2S. The number of fused-ring (bicyclic) bond motifs is 1. The van der Waals surface area contributed by atoms with E-state index in [1.165, 1.54) is 23.8 Å². The lowest BCUT2D eigenvalue weighted by molar-refractivity contribution is -0.131. The molecular weight excluding hydrogens is 328 g/mol. The summed E-state index contributed by atoms with van der Waals surface area (Å²) < 4.78 is 0. The zero-order valence-corrected chi connectivity index (χ0v) is 17.1. The summed E-state index contributed by atoms with van der Waals surface area (Å²) in [6.07, 6.45) is 9.24. The molecule has 2 nitrogen and oxygen atoms in total. The van der Waals surface area contributed by atoms with Crippen molar-refractivity contribution in [1.82, 2.24) is 0 Å². The second-order valence-corrected chi connectivity index (χ2v) is 10.9. The van der Waals surface area contributed by atoms with Gasteiger partial charge in [-0.1, -0.05) is 65.5 Å². The van der Waals surface area contributed by atoms with Crippen LogP contribution in [0.3, 0.4) is 0 Å². The third-order valence-electron chi connectivity index (χ3n) is 5.77. The SMILES string of the molecule is CC(C)(C)C(C1C2=C(SC3=CCCCC31)C(=O)C(=O)C=C2)C(C)(C)C. The standard InChI is InChI=1S/C22H30O2S/c1-21(2,3)20(22(4,5)6)17-13-9-7-8-10-16(13)25-19-14(17)11-12-15(23)18(19)24/h10-13,17,20H,7-9H2,1-6H3. The summed E-state index contributed by atoms with van der Waals surface area (Å²) in [5.41, 5.74) is 1.35. The maximum Gasteiger partial charge on any atom is 0.239 e. The molecule has 0 N–H and O–H groups in total. The normalized spacial score (nSPS) is 27.4. The van der Waals surface area contributed by atoms with Crippen LogP contribution < -0.4 is 0 Å². The summed E-state index contributed by atoms with van der Waals surface area (Å²) in [4.78, 5) is 26.6. The van der Waals surface area contributed by atoms with Crippen LogP contribution in [0.5, 0.6) is 0 Å². The first-order valence-corrected chi connectivity index (χ1v) is 10.2. The molecule has 0 spiro atoms. The van der Waals surface area contributed by atoms with E-state index >= 15 is 0 Å². The topological polar surface area (TPSA) is 34.1 Å². The number of ketones is 2. The van der Waals surface area contributed by atoms with Crippen LogP contribution in [0.2, 0.25) is 0 Å². The van der Waals surface area contributed by atoms with Crippen LogP contribution in [0.25, 0.3) is 0 Å². The Hall–Kier alpha value is -1.09. The molecule has 3 aliphatic rings. The molecule has 0 radical (unpaired) electrons. The second kappa shape index (κ2) is 6.26. The van der Waals surface area contributed by atoms with Gasteiger partial charge in [-0.3, -0.25) is 9.59 Å². The number of allylic oxidation sites excluding steroid dienone is 6. The van der Waals surface area contributed by atoms with Crippen LogP contribution in [-0.4, -0.2) is 11.6 Å². The summed E-state index contributed by atoms with van der Waals surface area (Å²) in [5, 5.41) is 0. The molecule has 0 fully saturated rings. The smallest absolute Gasteiger partial charge is 0.239 e. The minimum Gasteiger partial charge on any atom is -0.286 e. The van der Waals surface area contributed by atoms with Crippen LogP contribution in [0.4, 0.5) is 0 Å². The minimum absolute atomic E-state index is 0.115. The fraction of sp³-hybridized carbons (Fsp3) is 0.636. The first kappa shape index (κ1) is 18.7. The Bertz CT molecular complexity index is 681. The number of hydrogen-bond donors (Lipinski definition) is 0. The van der Waals surface area contributed by atoms with Gasteiger partial charge in [-0.2, -0.15) is 0 Å². The van der Waals surface area contributed by atoms with Crippen LogP contribution in [0, 0.1) is 28.6 Å². The number of rotatable bonds is 1. The van der Waals surface area contributed by atoms with Crippen molar-refractivity contribution in [2.75, 3.05) is 0 Å². The van der Waals surface area contributed by atoms with Crippen molar-refractivity contribution >= 4 is 23.3 Å². The van der Waals surface area contributed by atoms with Gasteiger partial charge in [-0.15, -0.1) is 0 Å². The predicted molar refractivity (Wildman–Crippen MR) is 105 cm³/mol. The van der Waals surface area contributed by atoms with E-state index in [1.807, 2.05) is 6.08 Å². The summed E-state index contributed by atoms with van der Waals surface area (Å²) in [6.45, 7) is 13.9. The van der Waals surface area contributed by atoms with Crippen molar-refractivity contribution in [2.24, 2.45) is 28.6 Å². The second-order valence-electron chi connectivity index (χ2n) is 9.79. The van der Waals surface area contributed by atoms with Crippen molar-refractivity contribution in [3.8, 4) is 0 Å². The van der Waals surface area contributed by atoms with Gasteiger partial charge in [0, 0.05) is 0 Å². The van der Waals surface area contributed by atoms with Crippen molar-refractivity contribution < 1.29 is 9.59 Å². The van der Waals surface area contributed by atoms with Gasteiger partial charge < -0.3 is 0 Å². The zero-order valence-electron chi connectivity index (χ0n) is 16.3. The number of thioether (sulfide) groups is 1. The first-order valence-electron chi connectivity index (χ1n) is 9.40. The molecule has 1 heterocycles. The van der Waals surface area contributed by atoms with Crippen molar-refractivity contribution in [2.45, 2.75) is 60.8 Å². The van der Waals surface area contributed by atoms with Crippen LogP contribution in [0.15, 0.2) is 33.6 Å². The maximum absolute atomic E-state index is 12.6. The van der Waals surface area contributed by atoms with Gasteiger partial charge >= 0.3 is 0 Å². The van der Waals surface area contributed by atoms with Crippen molar-refractivity contribution in [1.29, 1.82) is 0 Å². The van der Waals surface area contributed by atoms with E-state index in [-0.39, 0.29) is 22.4 Å². The van der Waals surface area contributed by atoms with Gasteiger partial charge in [0.05, 0.1) is 4.91 Å². The fourth-order valence-corrected chi connectivity index (χ4v) is 6.77. The minimum atomic E-state index is -0.372. The predicted octanol–water partition coefficient (Wildman–Crippen LogP) is 5.70. The number of carbonyl (C=O) groups excluding carboxylic acids is 2. The first-order chi connectivity index (χ1) is 11.5. The largest absolute Gasteiger partial charge is 0.286 e. The molecule has 25 heavy (non-hydrogen) atoms. The third kappa shape index (κ3) is 3.32. The maximum atomic E-state index is 12.6. The van der Waals surface area contributed by atoms with Gasteiger partial charge in [0.15, 0.2) is 0 Å². The van der Waals surface area contributed by atoms with E-state index in [1.54, 1.807) is 11.8 Å². The Balaban J connectivity index is 2.20. The quantitative estimate of drug-likeness (QED) is 0.445. The molecule has 2 unspecified atom stereocenters. The Morgan fingerprint density at radius 1 is 1.04 bits per heavy atom. The highest BCUT2D eigenvalue weighted by atomic mass is 32.2. The number of carbonyl (C=O) groups is 2. The van der Waals surface area contributed by atoms with E-state index in [4.69, 9.17) is 0 Å². The monoisotopic (exact) mass is 358 g/mol. The van der Waals surface area contributed by atoms with E-state index in [0.717, 1.165) is 12.0 Å². The lowest BCUT2D eigenvalue weighted by Crippen LogP contribution is -2.44. The van der Waals surface area contributed by atoms with Crippen LogP contribution in [-0.2, 0) is 9.59 Å². The van der Waals surface area contributed by atoms with Gasteiger partial charge in [0.2, 0.25) is 11.6 Å². The molecule has 0 saturated carbocycles. The summed E-state index contributed by atoms with van der Waals surface area (Å²) in [5.74, 6) is 0.521. The summed E-state index contributed by atoms with van der Waals surface area (Å²) >= 11 is 1.57. The molecule has 2 atom stereocenters. The highest BCUT2D eigenvalue weighted by Gasteiger charge is 2.49. The van der Waals surface area contributed by atoms with Gasteiger partial charge in [0.1, 0.15) is 0 Å². The Kier molecular flexibility index (Phi) is 4.68. The average molecular weight is 359 g/mol. The molecule has 2 aliphatic carbocycles. The molecule has 0 aromatic rings. The highest BCUT2D eigenvalue weighted by molar-refractivity contribution is 8.07. The summed E-state index contributed by atoms with van der Waals surface area (Å²) in [6, 6.07) is 0. The molecule has 0 saturated heterocycles. The molecule has 0 aromatic heterocycles. The van der Waals surface area contributed by atoms with Crippen LogP contribution >= 0.6 is 11.8 Å². The van der Waals surface area contributed by atoms with Crippen molar-refractivity contribution in [3.05, 3.63) is 33.6 Å². The molecule has 3 heteroatoms. The third-order valence-corrected chi connectivity index (χ3v) is 7.10. The lowest BCUT2D eigenvalue weighted by Gasteiger charge is -2.51. The van der Waals surface area contributed by atoms with E-state index < -0.39 is 0 Å². The zero-order chi connectivity index (χ0) is 18.6. The number of Topliss-reactive ketones (excluding diaryl/α,β-unsaturated/α-hetero) is 1. The Labute approximate surface area is 156 Å². The van der Waals surface area contributed by atoms with E-state index in [9.17, 15) is 9.59 Å². The fourth-order valence-electron chi connectivity index (χ4n) is 5.40. The molecule has 0 bridgehead atoms. The number of hydrogen-bond acceptors (Lipinski definition) is 3. The Morgan fingerprint density at radius 3 is 2.28 bits per heavy atom. The Morgan fingerprint density at radius 2 is 1.68 bits per heavy atom. The molecule has 0 aromatic carbocycles. The molecule has 0 amide bonds. The van der Waals surface area contributed by atoms with E-state index in [2.05, 4.69) is 47.6 Å².